The third-order valence-corrected chi connectivity index (χ3v) is 4.04. The number of amides is 3. The molecule has 0 aromatic heterocycles. The summed E-state index contributed by atoms with van der Waals surface area (Å²) in [5, 5.41) is 14.3. The summed E-state index contributed by atoms with van der Waals surface area (Å²) in [4.78, 5) is 35.5. The maximum Gasteiger partial charge on any atom is 0.317 e. The number of urea groups is 1. The summed E-state index contributed by atoms with van der Waals surface area (Å²) in [6.45, 7) is 1.96. The smallest absolute Gasteiger partial charge is 0.317 e. The minimum Gasteiger partial charge on any atom is -0.484 e. The fourth-order valence-electron chi connectivity index (χ4n) is 2.24. The molecule has 26 heavy (non-hydrogen) atoms. The van der Waals surface area contributed by atoms with Crippen molar-refractivity contribution in [3.05, 3.63) is 29.8 Å². The normalized spacial score (nSPS) is 14.2. The zero-order chi connectivity index (χ0) is 19.1. The molecule has 3 amide bonds. The predicted octanol–water partition coefficient (Wildman–Crippen LogP) is 1.52. The Labute approximate surface area is 152 Å². The lowest BCUT2D eigenvalue weighted by Gasteiger charge is -2.21. The topological polar surface area (TPSA) is 108 Å². The second-order valence-electron chi connectivity index (χ2n) is 6.44. The molecule has 0 radical (unpaired) electrons. The Kier molecular flexibility index (Phi) is 6.82. The Balaban J connectivity index is 1.77. The van der Waals surface area contributed by atoms with E-state index < -0.39 is 5.97 Å². The van der Waals surface area contributed by atoms with Crippen molar-refractivity contribution in [3.63, 3.8) is 0 Å². The summed E-state index contributed by atoms with van der Waals surface area (Å²) in [7, 11) is 1.55. The first-order valence-corrected chi connectivity index (χ1v) is 8.60. The van der Waals surface area contributed by atoms with Gasteiger partial charge in [0.05, 0.1) is 12.5 Å². The number of hydrogen-bond acceptors (Lipinski definition) is 4. The van der Waals surface area contributed by atoms with Gasteiger partial charge in [-0.2, -0.15) is 0 Å². The molecule has 0 heterocycles. The van der Waals surface area contributed by atoms with E-state index in [0.717, 1.165) is 18.4 Å². The molecule has 8 nitrogen and oxygen atoms in total. The first-order valence-electron chi connectivity index (χ1n) is 8.60. The molecule has 0 spiro atoms. The van der Waals surface area contributed by atoms with Crippen LogP contribution in [0.3, 0.4) is 0 Å². The van der Waals surface area contributed by atoms with Crippen LogP contribution in [0.2, 0.25) is 0 Å². The lowest BCUT2D eigenvalue weighted by molar-refractivity contribution is -0.137. The van der Waals surface area contributed by atoms with E-state index >= 15 is 0 Å². The second kappa shape index (κ2) is 9.07. The Bertz CT molecular complexity index is 643. The molecule has 1 aliphatic carbocycles. The van der Waals surface area contributed by atoms with Crippen molar-refractivity contribution in [1.82, 2.24) is 15.5 Å². The summed E-state index contributed by atoms with van der Waals surface area (Å²) < 4.78 is 5.44. The van der Waals surface area contributed by atoms with Gasteiger partial charge in [-0.1, -0.05) is 12.1 Å². The van der Waals surface area contributed by atoms with Gasteiger partial charge in [0, 0.05) is 19.6 Å². The molecule has 1 saturated carbocycles. The third-order valence-electron chi connectivity index (χ3n) is 4.04. The Morgan fingerprint density at radius 3 is 2.50 bits per heavy atom. The van der Waals surface area contributed by atoms with Crippen LogP contribution >= 0.6 is 0 Å². The maximum atomic E-state index is 12.0. The largest absolute Gasteiger partial charge is 0.484 e. The van der Waals surface area contributed by atoms with Crippen molar-refractivity contribution in [1.29, 1.82) is 0 Å². The standard InChI is InChI=1S/C18H25N3O5/c1-12(19-18(25)21(2)10-9-17(23)24)13-3-7-15(8-4-13)26-11-16(22)20-14-5-6-14/h3-4,7-8,12,14H,5-6,9-11H2,1-2H3,(H,19,25)(H,20,22)(H,23,24). The Hall–Kier alpha value is -2.77. The maximum absolute atomic E-state index is 12.0. The zero-order valence-electron chi connectivity index (χ0n) is 15.0. The van der Waals surface area contributed by atoms with Gasteiger partial charge >= 0.3 is 12.0 Å². The van der Waals surface area contributed by atoms with Crippen LogP contribution in [0.4, 0.5) is 4.79 Å². The number of hydrogen-bond donors (Lipinski definition) is 3. The number of carbonyl (C=O) groups excluding carboxylic acids is 2. The molecule has 0 bridgehead atoms. The number of benzene rings is 1. The molecular weight excluding hydrogens is 338 g/mol. The first kappa shape index (κ1) is 19.6. The highest BCUT2D eigenvalue weighted by Gasteiger charge is 2.23. The van der Waals surface area contributed by atoms with Gasteiger partial charge in [0.1, 0.15) is 5.75 Å². The van der Waals surface area contributed by atoms with Crippen LogP contribution in [0, 0.1) is 0 Å². The van der Waals surface area contributed by atoms with Crippen molar-refractivity contribution in [3.8, 4) is 5.75 Å². The number of carboxylic acid groups (broad SMARTS) is 1. The average Bonchev–Trinajstić information content (AvgIpc) is 3.42. The first-order chi connectivity index (χ1) is 12.3. The molecule has 0 aliphatic heterocycles. The third kappa shape index (κ3) is 6.62. The number of ether oxygens (including phenoxy) is 1. The summed E-state index contributed by atoms with van der Waals surface area (Å²) in [5.41, 5.74) is 0.875. The molecule has 1 atom stereocenters. The molecule has 3 N–H and O–H groups in total. The van der Waals surface area contributed by atoms with Gasteiger partial charge in [-0.15, -0.1) is 0 Å². The number of carboxylic acids is 1. The lowest BCUT2D eigenvalue weighted by atomic mass is 10.1. The van der Waals surface area contributed by atoms with E-state index in [-0.39, 0.29) is 37.6 Å². The fourth-order valence-corrected chi connectivity index (χ4v) is 2.24. The van der Waals surface area contributed by atoms with E-state index in [0.29, 0.717) is 11.8 Å². The molecule has 2 rings (SSSR count). The number of rotatable bonds is 9. The van der Waals surface area contributed by atoms with Crippen molar-refractivity contribution in [2.45, 2.75) is 38.3 Å². The van der Waals surface area contributed by atoms with Gasteiger partial charge < -0.3 is 25.4 Å². The van der Waals surface area contributed by atoms with Gasteiger partial charge in [0.25, 0.3) is 5.91 Å². The molecular formula is C18H25N3O5. The predicted molar refractivity (Wildman–Crippen MR) is 94.9 cm³/mol. The molecule has 8 heteroatoms. The van der Waals surface area contributed by atoms with Gasteiger partial charge in [-0.05, 0) is 37.5 Å². The lowest BCUT2D eigenvalue weighted by Crippen LogP contribution is -2.39. The van der Waals surface area contributed by atoms with Crippen LogP contribution < -0.4 is 15.4 Å². The summed E-state index contributed by atoms with van der Waals surface area (Å²) in [6, 6.07) is 6.85. The monoisotopic (exact) mass is 363 g/mol. The average molecular weight is 363 g/mol. The number of aliphatic carboxylic acids is 1. The molecule has 1 fully saturated rings. The van der Waals surface area contributed by atoms with Gasteiger partial charge in [-0.3, -0.25) is 9.59 Å². The van der Waals surface area contributed by atoms with Gasteiger partial charge in [0.15, 0.2) is 6.61 Å². The van der Waals surface area contributed by atoms with Crippen molar-refractivity contribution in [2.75, 3.05) is 20.2 Å². The number of nitrogens with one attached hydrogen (secondary N) is 2. The number of nitrogens with zero attached hydrogens (tertiary/aromatic N) is 1. The molecule has 1 aliphatic rings. The van der Waals surface area contributed by atoms with Crippen molar-refractivity contribution in [2.24, 2.45) is 0 Å². The molecule has 1 unspecified atom stereocenters. The van der Waals surface area contributed by atoms with Crippen LogP contribution in [0.5, 0.6) is 5.75 Å². The van der Waals surface area contributed by atoms with E-state index in [1.807, 2.05) is 19.1 Å². The SMILES string of the molecule is CC(NC(=O)N(C)CCC(=O)O)c1ccc(OCC(=O)NC2CC2)cc1. The Morgan fingerprint density at radius 1 is 1.27 bits per heavy atom. The van der Waals surface area contributed by atoms with Crippen molar-refractivity contribution < 1.29 is 24.2 Å². The fraction of sp³-hybridized carbons (Fsp3) is 0.500. The summed E-state index contributed by atoms with van der Waals surface area (Å²) >= 11 is 0. The van der Waals surface area contributed by atoms with Crippen LogP contribution in [0.15, 0.2) is 24.3 Å². The molecule has 0 saturated heterocycles. The summed E-state index contributed by atoms with van der Waals surface area (Å²) in [5.74, 6) is -0.488. The van der Waals surface area contributed by atoms with E-state index in [1.54, 1.807) is 19.2 Å². The van der Waals surface area contributed by atoms with Gasteiger partial charge in [-0.25, -0.2) is 4.79 Å². The van der Waals surface area contributed by atoms with Crippen LogP contribution in [-0.2, 0) is 9.59 Å². The molecule has 1 aromatic rings. The van der Waals surface area contributed by atoms with E-state index in [1.165, 1.54) is 4.90 Å². The van der Waals surface area contributed by atoms with E-state index in [2.05, 4.69) is 10.6 Å². The van der Waals surface area contributed by atoms with Gasteiger partial charge in [0.2, 0.25) is 0 Å². The highest BCUT2D eigenvalue weighted by Crippen LogP contribution is 2.19. The number of carbonyl (C=O) groups is 3. The molecule has 1 aromatic carbocycles. The van der Waals surface area contributed by atoms with Crippen LogP contribution in [0.25, 0.3) is 0 Å². The van der Waals surface area contributed by atoms with Crippen LogP contribution in [0.1, 0.15) is 37.8 Å². The highest BCUT2D eigenvalue weighted by molar-refractivity contribution is 5.78. The Morgan fingerprint density at radius 2 is 1.92 bits per heavy atom. The minimum absolute atomic E-state index is 0.0174. The minimum atomic E-state index is -0.945. The molecule has 142 valence electrons. The zero-order valence-corrected chi connectivity index (χ0v) is 15.0. The van der Waals surface area contributed by atoms with E-state index in [4.69, 9.17) is 9.84 Å². The quantitative estimate of drug-likeness (QED) is 0.616. The second-order valence-corrected chi connectivity index (χ2v) is 6.44. The summed E-state index contributed by atoms with van der Waals surface area (Å²) in [6.07, 6.45) is 1.98. The van der Waals surface area contributed by atoms with E-state index in [9.17, 15) is 14.4 Å². The van der Waals surface area contributed by atoms with Crippen LogP contribution in [-0.4, -0.2) is 54.2 Å². The van der Waals surface area contributed by atoms with Crippen molar-refractivity contribution >= 4 is 17.9 Å². The highest BCUT2D eigenvalue weighted by atomic mass is 16.5.